The lowest BCUT2D eigenvalue weighted by atomic mass is 9.95. The smallest absolute Gasteiger partial charge is 0.0104 e. The van der Waals surface area contributed by atoms with Gasteiger partial charge in [0.1, 0.15) is 0 Å². The lowest BCUT2D eigenvalue weighted by Crippen LogP contribution is -2.05. The predicted molar refractivity (Wildman–Crippen MR) is 97.9 cm³/mol. The van der Waals surface area contributed by atoms with E-state index in [9.17, 15) is 8.76 Å². The molecule has 134 valence electrons. The molecule has 0 fully saturated rings. The summed E-state index contributed by atoms with van der Waals surface area (Å²) in [5, 5.41) is 0. The van der Waals surface area contributed by atoms with Gasteiger partial charge < -0.3 is 4.55 Å². The average molecular weight is 332 g/mol. The maximum absolute atomic E-state index is 10.6. The third-order valence-corrected chi connectivity index (χ3v) is 5.31. The van der Waals surface area contributed by atoms with Crippen LogP contribution in [0.25, 0.3) is 0 Å². The average Bonchev–Trinajstić information content (AvgIpc) is 2.51. The lowest BCUT2D eigenvalue weighted by Gasteiger charge is -2.15. The predicted octanol–water partition coefficient (Wildman–Crippen LogP) is 6.37. The van der Waals surface area contributed by atoms with Crippen LogP contribution in [-0.4, -0.2) is 14.5 Å². The van der Waals surface area contributed by atoms with Crippen LogP contribution in [-0.2, 0) is 11.1 Å². The van der Waals surface area contributed by atoms with E-state index in [1.807, 2.05) is 0 Å². The highest BCUT2D eigenvalue weighted by Gasteiger charge is 2.05. The van der Waals surface area contributed by atoms with Gasteiger partial charge in [0.2, 0.25) is 0 Å². The topological polar surface area (TPSA) is 40.1 Å². The van der Waals surface area contributed by atoms with Gasteiger partial charge in [-0.3, -0.25) is 4.21 Å². The fourth-order valence-corrected chi connectivity index (χ4v) is 3.62. The normalized spacial score (nSPS) is 14.1. The Labute approximate surface area is 142 Å². The van der Waals surface area contributed by atoms with E-state index in [4.69, 9.17) is 0 Å². The van der Waals surface area contributed by atoms with Crippen molar-refractivity contribution in [2.45, 2.75) is 110 Å². The van der Waals surface area contributed by atoms with Crippen molar-refractivity contribution in [2.75, 3.05) is 5.75 Å². The van der Waals surface area contributed by atoms with Crippen molar-refractivity contribution < 1.29 is 8.76 Å². The first kappa shape index (κ1) is 22.1. The van der Waals surface area contributed by atoms with Gasteiger partial charge in [-0.1, -0.05) is 115 Å². The first-order valence-electron chi connectivity index (χ1n) is 9.76. The summed E-state index contributed by atoms with van der Waals surface area (Å²) < 4.78 is 21.2. The van der Waals surface area contributed by atoms with Crippen LogP contribution in [0.5, 0.6) is 0 Å². The van der Waals surface area contributed by atoms with Crippen LogP contribution < -0.4 is 0 Å². The first-order chi connectivity index (χ1) is 10.7. The van der Waals surface area contributed by atoms with E-state index in [1.54, 1.807) is 0 Å². The molecule has 0 amide bonds. The third kappa shape index (κ3) is 16.5. The van der Waals surface area contributed by atoms with Crippen molar-refractivity contribution in [1.82, 2.24) is 0 Å². The van der Waals surface area contributed by atoms with Crippen LogP contribution in [0.2, 0.25) is 0 Å². The molecule has 0 aromatic rings. The summed E-state index contributed by atoms with van der Waals surface area (Å²) in [7, 11) is 0. The minimum atomic E-state index is -1.85. The zero-order valence-electron chi connectivity index (χ0n) is 15.1. The van der Waals surface area contributed by atoms with Crippen LogP contribution in [0, 0.1) is 5.92 Å². The zero-order chi connectivity index (χ0) is 16.5. The van der Waals surface area contributed by atoms with Crippen molar-refractivity contribution >= 4 is 11.1 Å². The molecule has 2 unspecified atom stereocenters. The van der Waals surface area contributed by atoms with E-state index >= 15 is 0 Å². The fourth-order valence-electron chi connectivity index (χ4n) is 3.09. The maximum atomic E-state index is 10.6. The minimum absolute atomic E-state index is 0.344. The molecule has 2 atom stereocenters. The highest BCUT2D eigenvalue weighted by atomic mass is 32.2. The summed E-state index contributed by atoms with van der Waals surface area (Å²) in [4.78, 5) is 0. The van der Waals surface area contributed by atoms with Gasteiger partial charge >= 0.3 is 0 Å². The molecular formula is C19H39O2S-. The minimum Gasteiger partial charge on any atom is -0.772 e. The van der Waals surface area contributed by atoms with Crippen LogP contribution >= 0.6 is 0 Å². The summed E-state index contributed by atoms with van der Waals surface area (Å²) >= 11 is -1.85. The molecule has 0 aromatic carbocycles. The van der Waals surface area contributed by atoms with Gasteiger partial charge in [-0.05, 0) is 12.3 Å². The number of hydrogen-bond donors (Lipinski definition) is 0. The molecule has 0 bridgehead atoms. The quantitative estimate of drug-likeness (QED) is 0.229. The van der Waals surface area contributed by atoms with E-state index < -0.39 is 11.1 Å². The number of hydrogen-bond acceptors (Lipinski definition) is 2. The summed E-state index contributed by atoms with van der Waals surface area (Å²) in [6.07, 6.45) is 19.8. The van der Waals surface area contributed by atoms with Gasteiger partial charge in [0.15, 0.2) is 0 Å². The Kier molecular flexibility index (Phi) is 17.6. The number of rotatable bonds is 17. The molecule has 0 radical (unpaired) electrons. The molecule has 0 aliphatic carbocycles. The Morgan fingerprint density at radius 1 is 0.727 bits per heavy atom. The second kappa shape index (κ2) is 17.5. The van der Waals surface area contributed by atoms with Gasteiger partial charge in [-0.2, -0.15) is 0 Å². The molecule has 2 nitrogen and oxygen atoms in total. The highest BCUT2D eigenvalue weighted by Crippen LogP contribution is 2.19. The van der Waals surface area contributed by atoms with Crippen molar-refractivity contribution in [2.24, 2.45) is 5.92 Å². The molecule has 0 aromatic heterocycles. The molecule has 3 heteroatoms. The van der Waals surface area contributed by atoms with Crippen LogP contribution in [0.4, 0.5) is 0 Å². The van der Waals surface area contributed by atoms with Crippen molar-refractivity contribution in [3.05, 3.63) is 0 Å². The monoisotopic (exact) mass is 331 g/mol. The summed E-state index contributed by atoms with van der Waals surface area (Å²) in [6.45, 7) is 4.45. The molecule has 0 spiro atoms. The van der Waals surface area contributed by atoms with Gasteiger partial charge in [-0.25, -0.2) is 0 Å². The maximum Gasteiger partial charge on any atom is 0.0104 e. The van der Waals surface area contributed by atoms with Crippen molar-refractivity contribution in [3.63, 3.8) is 0 Å². The van der Waals surface area contributed by atoms with Crippen LogP contribution in [0.3, 0.4) is 0 Å². The molecule has 0 heterocycles. The zero-order valence-corrected chi connectivity index (χ0v) is 15.9. The first-order valence-corrected chi connectivity index (χ1v) is 11.0. The van der Waals surface area contributed by atoms with E-state index in [1.165, 1.54) is 83.5 Å². The SMILES string of the molecule is CCCCCCCCCCCCCCC(CC)CCS(=O)[O-]. The summed E-state index contributed by atoms with van der Waals surface area (Å²) in [6, 6.07) is 0. The molecule has 0 saturated heterocycles. The molecule has 0 aliphatic rings. The number of unbranched alkanes of at least 4 members (excludes halogenated alkanes) is 11. The molecular weight excluding hydrogens is 292 g/mol. The van der Waals surface area contributed by atoms with Gasteiger partial charge in [-0.15, -0.1) is 0 Å². The highest BCUT2D eigenvalue weighted by molar-refractivity contribution is 7.79. The Morgan fingerprint density at radius 3 is 1.59 bits per heavy atom. The van der Waals surface area contributed by atoms with Crippen molar-refractivity contribution in [3.8, 4) is 0 Å². The molecule has 22 heavy (non-hydrogen) atoms. The largest absolute Gasteiger partial charge is 0.772 e. The summed E-state index contributed by atoms with van der Waals surface area (Å²) in [5.74, 6) is 0.956. The third-order valence-electron chi connectivity index (χ3n) is 4.74. The van der Waals surface area contributed by atoms with Crippen LogP contribution in [0.15, 0.2) is 0 Å². The summed E-state index contributed by atoms with van der Waals surface area (Å²) in [5.41, 5.74) is 0. The van der Waals surface area contributed by atoms with E-state index in [0.717, 1.165) is 12.8 Å². The Balaban J connectivity index is 3.23. The second-order valence-corrected chi connectivity index (χ2v) is 7.76. The molecule has 0 rings (SSSR count). The standard InChI is InChI=1S/C19H40O2S/c1-3-5-6-7-8-9-10-11-12-13-14-15-16-19(4-2)17-18-22(20)21/h19H,3-18H2,1-2H3,(H,20,21)/p-1. The second-order valence-electron chi connectivity index (χ2n) is 6.75. The van der Waals surface area contributed by atoms with Gasteiger partial charge in [0.25, 0.3) is 0 Å². The van der Waals surface area contributed by atoms with Crippen molar-refractivity contribution in [1.29, 1.82) is 0 Å². The molecule has 0 aliphatic heterocycles. The lowest BCUT2D eigenvalue weighted by molar-refractivity contribution is 0.422. The Bertz CT molecular complexity index is 244. The Hall–Kier alpha value is 0.110. The molecule has 0 saturated carbocycles. The van der Waals surface area contributed by atoms with Crippen LogP contribution in [0.1, 0.15) is 110 Å². The van der Waals surface area contributed by atoms with E-state index in [0.29, 0.717) is 11.7 Å². The fraction of sp³-hybridized carbons (Fsp3) is 1.00. The van der Waals surface area contributed by atoms with E-state index in [-0.39, 0.29) is 0 Å². The van der Waals surface area contributed by atoms with Gasteiger partial charge in [0, 0.05) is 5.75 Å². The molecule has 0 N–H and O–H groups in total. The Morgan fingerprint density at radius 2 is 1.18 bits per heavy atom. The van der Waals surface area contributed by atoms with Gasteiger partial charge in [0.05, 0.1) is 0 Å². The van der Waals surface area contributed by atoms with E-state index in [2.05, 4.69) is 13.8 Å².